The van der Waals surface area contributed by atoms with Crippen LogP contribution in [0, 0.1) is 0 Å². The van der Waals surface area contributed by atoms with Crippen LogP contribution in [0.3, 0.4) is 0 Å². The second-order valence-corrected chi connectivity index (χ2v) is 12.3. The van der Waals surface area contributed by atoms with E-state index in [-0.39, 0.29) is 50.3 Å². The quantitative estimate of drug-likeness (QED) is 0.0198. The third kappa shape index (κ3) is 9.08. The van der Waals surface area contributed by atoms with Crippen molar-refractivity contribution in [3.63, 3.8) is 0 Å². The highest BCUT2D eigenvalue weighted by Crippen LogP contribution is 2.47. The SMILES string of the molecule is CC(Nc1nc(Nc2cc(S(=O)(=O)O)cc3cc(SOOO)c(N=Nc4cccc(C(=O)O)c4)c(O)c23)nc(N(CO)C(C)C(=O)O)n1)C(=O)O. The van der Waals surface area contributed by atoms with Crippen LogP contribution in [0.2, 0.25) is 0 Å². The Bertz CT molecular complexity index is 2140. The van der Waals surface area contributed by atoms with Gasteiger partial charge in [0.05, 0.1) is 38.8 Å². The number of anilines is 4. The van der Waals surface area contributed by atoms with Crippen molar-refractivity contribution in [2.45, 2.75) is 35.7 Å². The molecule has 0 bridgehead atoms. The van der Waals surface area contributed by atoms with Gasteiger partial charge >= 0.3 is 17.9 Å². The maximum atomic E-state index is 12.3. The Morgan fingerprint density at radius 2 is 1.71 bits per heavy atom. The number of aromatic nitrogens is 3. The molecule has 9 N–H and O–H groups in total. The van der Waals surface area contributed by atoms with Gasteiger partial charge in [0.1, 0.15) is 24.5 Å². The van der Waals surface area contributed by atoms with Crippen molar-refractivity contribution in [3.05, 3.63) is 48.0 Å². The summed E-state index contributed by atoms with van der Waals surface area (Å²) in [7, 11) is -4.95. The molecule has 4 aromatic rings. The highest BCUT2D eigenvalue weighted by molar-refractivity contribution is 7.94. The van der Waals surface area contributed by atoms with E-state index in [1.807, 2.05) is 0 Å². The Hall–Kier alpha value is -5.76. The Labute approximate surface area is 289 Å². The summed E-state index contributed by atoms with van der Waals surface area (Å²) in [5.41, 5.74) is -0.828. The number of aromatic hydroxyl groups is 1. The van der Waals surface area contributed by atoms with Gasteiger partial charge in [0.15, 0.2) is 5.75 Å². The van der Waals surface area contributed by atoms with Gasteiger partial charge in [-0.15, -0.1) is 9.45 Å². The molecule has 0 aliphatic carbocycles. The van der Waals surface area contributed by atoms with Gasteiger partial charge in [-0.05, 0) is 55.6 Å². The van der Waals surface area contributed by atoms with Crippen LogP contribution in [0.15, 0.2) is 62.5 Å². The Balaban J connectivity index is 1.98. The number of phenols is 1. The van der Waals surface area contributed by atoms with Crippen LogP contribution >= 0.6 is 12.0 Å². The lowest BCUT2D eigenvalue weighted by Crippen LogP contribution is -2.41. The molecule has 2 unspecified atom stereocenters. The lowest BCUT2D eigenvalue weighted by Gasteiger charge is -2.25. The van der Waals surface area contributed by atoms with Gasteiger partial charge in [-0.25, -0.2) is 14.8 Å². The molecule has 3 aromatic carbocycles. The molecule has 0 saturated carbocycles. The number of aromatic carboxylic acids is 1. The van der Waals surface area contributed by atoms with E-state index in [9.17, 15) is 52.9 Å². The molecule has 0 fully saturated rings. The fourth-order valence-corrected chi connectivity index (χ4v) is 5.25. The Morgan fingerprint density at radius 3 is 2.31 bits per heavy atom. The van der Waals surface area contributed by atoms with E-state index in [4.69, 9.17) is 5.26 Å². The first-order valence-corrected chi connectivity index (χ1v) is 16.1. The van der Waals surface area contributed by atoms with E-state index < -0.39 is 75.3 Å². The molecule has 1 aromatic heterocycles. The number of azo groups is 1. The molecular weight excluding hydrogens is 724 g/mol. The number of benzene rings is 3. The standard InChI is InChI=1S/C27H26N8O14S2/c1-11(22(38)39)28-25-30-26(32-27(31-25)35(10-36)12(2)23(40)41)29-17-9-16(51(45,46)47)7-14-8-18(50-49-48-44)20(21(37)19(14)17)34-33-15-5-3-4-13(6-15)24(42)43/h3-9,11-12,36-37,44H,10H2,1-2H3,(H,38,39)(H,40,41)(H,42,43)(H,45,46,47)(H2,28,29,30,31,32). The van der Waals surface area contributed by atoms with Gasteiger partial charge in [-0.3, -0.25) is 9.35 Å². The molecule has 51 heavy (non-hydrogen) atoms. The van der Waals surface area contributed by atoms with Crippen LogP contribution in [-0.4, -0.2) is 95.4 Å². The minimum absolute atomic E-state index is 0.0297. The van der Waals surface area contributed by atoms with Crippen molar-refractivity contribution in [3.8, 4) is 5.75 Å². The highest BCUT2D eigenvalue weighted by Gasteiger charge is 2.26. The first-order chi connectivity index (χ1) is 24.0. The number of fused-ring (bicyclic) bond motifs is 1. The van der Waals surface area contributed by atoms with E-state index in [0.717, 1.165) is 17.0 Å². The van der Waals surface area contributed by atoms with Gasteiger partial charge in [-0.1, -0.05) is 11.1 Å². The molecule has 270 valence electrons. The number of aliphatic hydroxyl groups excluding tert-OH is 1. The van der Waals surface area contributed by atoms with Crippen molar-refractivity contribution in [1.29, 1.82) is 0 Å². The van der Waals surface area contributed by atoms with Crippen LogP contribution in [0.25, 0.3) is 10.8 Å². The van der Waals surface area contributed by atoms with Gasteiger partial charge < -0.3 is 41.1 Å². The molecule has 1 heterocycles. The summed E-state index contributed by atoms with van der Waals surface area (Å²) in [6.07, 6.45) is 0. The molecule has 0 aliphatic heterocycles. The maximum Gasteiger partial charge on any atom is 0.335 e. The minimum atomic E-state index is -4.95. The lowest BCUT2D eigenvalue weighted by molar-refractivity contribution is -0.432. The number of phenolic OH excluding ortho intramolecular Hbond substituents is 1. The summed E-state index contributed by atoms with van der Waals surface area (Å²) >= 11 is 0.286. The summed E-state index contributed by atoms with van der Waals surface area (Å²) in [4.78, 5) is 46.7. The highest BCUT2D eigenvalue weighted by atomic mass is 32.2. The average molecular weight is 751 g/mol. The lowest BCUT2D eigenvalue weighted by atomic mass is 10.1. The average Bonchev–Trinajstić information content (AvgIpc) is 3.06. The monoisotopic (exact) mass is 750 g/mol. The summed E-state index contributed by atoms with van der Waals surface area (Å²) in [5, 5.41) is 74.8. The van der Waals surface area contributed by atoms with Gasteiger partial charge in [0.2, 0.25) is 17.8 Å². The molecule has 4 rings (SSSR count). The fraction of sp³-hybridized carbons (Fsp3) is 0.185. The van der Waals surface area contributed by atoms with Crippen molar-refractivity contribution in [1.82, 2.24) is 15.0 Å². The number of rotatable bonds is 16. The van der Waals surface area contributed by atoms with E-state index in [1.165, 1.54) is 44.2 Å². The van der Waals surface area contributed by atoms with E-state index in [0.29, 0.717) is 0 Å². The normalized spacial score (nSPS) is 12.8. The first-order valence-electron chi connectivity index (χ1n) is 13.9. The third-order valence-electron chi connectivity index (χ3n) is 6.75. The summed E-state index contributed by atoms with van der Waals surface area (Å²) < 4.78 is 39.0. The molecule has 22 nitrogen and oxygen atoms in total. The van der Waals surface area contributed by atoms with Crippen LogP contribution in [0.5, 0.6) is 5.75 Å². The first kappa shape index (κ1) is 38.0. The molecule has 0 spiro atoms. The van der Waals surface area contributed by atoms with E-state index in [1.54, 1.807) is 0 Å². The maximum absolute atomic E-state index is 12.3. The number of carboxylic acid groups (broad SMARTS) is 3. The predicted molar refractivity (Wildman–Crippen MR) is 174 cm³/mol. The van der Waals surface area contributed by atoms with Crippen molar-refractivity contribution < 1.29 is 67.5 Å². The number of nitrogens with zero attached hydrogens (tertiary/aromatic N) is 6. The minimum Gasteiger partial charge on any atom is -0.505 e. The van der Waals surface area contributed by atoms with Crippen molar-refractivity contribution in [2.24, 2.45) is 10.2 Å². The van der Waals surface area contributed by atoms with Gasteiger partial charge in [-0.2, -0.15) is 28.5 Å². The van der Waals surface area contributed by atoms with E-state index in [2.05, 4.69) is 45.2 Å². The smallest absolute Gasteiger partial charge is 0.335 e. The molecule has 0 radical (unpaired) electrons. The summed E-state index contributed by atoms with van der Waals surface area (Å²) in [5.74, 6) is -6.15. The van der Waals surface area contributed by atoms with Crippen LogP contribution in [0.4, 0.5) is 34.9 Å². The number of aliphatic hydroxyl groups is 1. The van der Waals surface area contributed by atoms with Gasteiger partial charge in [0.25, 0.3) is 10.1 Å². The van der Waals surface area contributed by atoms with Crippen molar-refractivity contribution >= 4 is 85.7 Å². The molecular formula is C27H26N8O14S2. The fourth-order valence-electron chi connectivity index (χ4n) is 4.21. The topological polar surface area (TPSA) is 336 Å². The zero-order chi connectivity index (χ0) is 37.6. The number of nitrogens with one attached hydrogen (secondary N) is 2. The Kier molecular flexibility index (Phi) is 11.8. The molecule has 0 aliphatic rings. The second-order valence-electron chi connectivity index (χ2n) is 10.1. The third-order valence-corrected chi connectivity index (χ3v) is 8.21. The molecule has 0 saturated heterocycles. The van der Waals surface area contributed by atoms with Gasteiger partial charge in [0, 0.05) is 5.39 Å². The van der Waals surface area contributed by atoms with Crippen LogP contribution in [-0.2, 0) is 29.1 Å². The largest absolute Gasteiger partial charge is 0.505 e. The summed E-state index contributed by atoms with van der Waals surface area (Å²) in [6, 6.07) is 5.51. The zero-order valence-electron chi connectivity index (χ0n) is 25.9. The number of carbonyl (C=O) groups is 3. The second kappa shape index (κ2) is 15.9. The molecule has 24 heteroatoms. The molecule has 0 amide bonds. The van der Waals surface area contributed by atoms with Crippen molar-refractivity contribution in [2.75, 3.05) is 22.3 Å². The number of aliphatic carboxylic acids is 2. The van der Waals surface area contributed by atoms with E-state index >= 15 is 0 Å². The zero-order valence-corrected chi connectivity index (χ0v) is 27.5. The van der Waals surface area contributed by atoms with Crippen LogP contribution in [0.1, 0.15) is 24.2 Å². The predicted octanol–water partition coefficient (Wildman–Crippen LogP) is 3.38. The Morgan fingerprint density at radius 1 is 1.00 bits per heavy atom. The van der Waals surface area contributed by atoms with Crippen LogP contribution < -0.4 is 15.5 Å². The molecule has 2 atom stereocenters. The summed E-state index contributed by atoms with van der Waals surface area (Å²) in [6.45, 7) is 1.49. The number of hydrogen-bond donors (Lipinski definition) is 9. The number of hydrogen-bond acceptors (Lipinski definition) is 19. The number of carboxylic acids is 3.